The maximum Gasteiger partial charge on any atom is 0.414 e. The zero-order valence-electron chi connectivity index (χ0n) is 18.3. The molecule has 33 heavy (non-hydrogen) atoms. The van der Waals surface area contributed by atoms with Crippen LogP contribution in [-0.2, 0) is 4.74 Å². The van der Waals surface area contributed by atoms with E-state index >= 15 is 0 Å². The van der Waals surface area contributed by atoms with E-state index in [1.54, 1.807) is 66.9 Å². The lowest BCUT2D eigenvalue weighted by Crippen LogP contribution is -2.38. The van der Waals surface area contributed by atoms with Crippen LogP contribution in [0.1, 0.15) is 34.6 Å². The number of aromatic nitrogens is 1. The van der Waals surface area contributed by atoms with Gasteiger partial charge in [-0.05, 0) is 42.5 Å². The van der Waals surface area contributed by atoms with Crippen LogP contribution in [0.4, 0.5) is 10.5 Å². The summed E-state index contributed by atoms with van der Waals surface area (Å²) in [6.07, 6.45) is 0.483. The summed E-state index contributed by atoms with van der Waals surface area (Å²) in [6.45, 7) is 4.20. The molecule has 1 atom stereocenters. The second-order valence-corrected chi connectivity index (χ2v) is 7.31. The lowest BCUT2D eigenvalue weighted by molar-refractivity contribution is 0.0558. The molecule has 0 saturated carbocycles. The van der Waals surface area contributed by atoms with Gasteiger partial charge in [0.1, 0.15) is 6.10 Å². The van der Waals surface area contributed by atoms with E-state index in [4.69, 9.17) is 4.74 Å². The molecule has 0 radical (unpaired) electrons. The Hall–Kier alpha value is -4.20. The molecule has 0 unspecified atom stereocenters. The van der Waals surface area contributed by atoms with Gasteiger partial charge < -0.3 is 4.74 Å². The Balaban J connectivity index is 0.00000126. The zero-order chi connectivity index (χ0) is 23.5. The van der Waals surface area contributed by atoms with Crippen molar-refractivity contribution in [2.45, 2.75) is 20.0 Å². The predicted molar refractivity (Wildman–Crippen MR) is 123 cm³/mol. The number of carbonyl (C=O) groups is 3. The molecule has 2 aliphatic heterocycles. The van der Waals surface area contributed by atoms with Crippen molar-refractivity contribution < 1.29 is 19.1 Å². The Kier molecular flexibility index (Phi) is 6.08. The van der Waals surface area contributed by atoms with Crippen molar-refractivity contribution >= 4 is 23.6 Å². The van der Waals surface area contributed by atoms with Gasteiger partial charge in [-0.3, -0.25) is 28.8 Å². The van der Waals surface area contributed by atoms with Gasteiger partial charge in [0.2, 0.25) is 0 Å². The molecule has 1 saturated heterocycles. The summed E-state index contributed by atoms with van der Waals surface area (Å²) in [4.78, 5) is 52.1. The standard InChI is InChI=1S/C23H17N3O5.C2H6/c27-20-7-3-4-12-24(20)15-8-10-16(11-9-15)25-13-17(31-23(25)30)14-26-21(28)18-5-1-2-6-19(18)22(26)29;1-2/h1-12,17H,13-14H2;1-2H3/t17-;/m1./s1. The van der Waals surface area contributed by atoms with Gasteiger partial charge in [0.15, 0.2) is 0 Å². The SMILES string of the molecule is CC.O=C1c2ccccc2C(=O)N1C[C@H]1CN(c2ccc(-n3ccccc3=O)cc2)C(=O)O1. The Morgan fingerprint density at radius 3 is 1.97 bits per heavy atom. The Bertz CT molecular complexity index is 1230. The molecular formula is C25H23N3O5. The van der Waals surface area contributed by atoms with Crippen molar-refractivity contribution in [1.29, 1.82) is 0 Å². The summed E-state index contributed by atoms with van der Waals surface area (Å²) in [6, 6.07) is 18.5. The van der Waals surface area contributed by atoms with E-state index in [1.807, 2.05) is 13.8 Å². The van der Waals surface area contributed by atoms with Gasteiger partial charge in [-0.2, -0.15) is 0 Å². The van der Waals surface area contributed by atoms with Gasteiger partial charge in [-0.1, -0.05) is 32.0 Å². The first kappa shape index (κ1) is 22.0. The Labute approximate surface area is 190 Å². The number of ether oxygens (including phenoxy) is 1. The Morgan fingerprint density at radius 1 is 0.788 bits per heavy atom. The molecule has 1 fully saturated rings. The molecule has 0 bridgehead atoms. The number of anilines is 1. The van der Waals surface area contributed by atoms with Gasteiger partial charge in [0.05, 0.1) is 24.2 Å². The highest BCUT2D eigenvalue weighted by atomic mass is 16.6. The smallest absolute Gasteiger partial charge is 0.414 e. The van der Waals surface area contributed by atoms with E-state index in [-0.39, 0.29) is 30.5 Å². The minimum Gasteiger partial charge on any atom is -0.442 e. The fourth-order valence-electron chi connectivity index (χ4n) is 3.87. The molecule has 168 valence electrons. The third-order valence-corrected chi connectivity index (χ3v) is 5.40. The van der Waals surface area contributed by atoms with Gasteiger partial charge >= 0.3 is 6.09 Å². The fourth-order valence-corrected chi connectivity index (χ4v) is 3.87. The maximum atomic E-state index is 12.6. The second kappa shape index (κ2) is 9.12. The highest BCUT2D eigenvalue weighted by molar-refractivity contribution is 6.21. The van der Waals surface area contributed by atoms with Crippen molar-refractivity contribution in [3.05, 3.63) is 94.4 Å². The summed E-state index contributed by atoms with van der Waals surface area (Å²) in [7, 11) is 0. The molecule has 0 spiro atoms. The first-order chi connectivity index (χ1) is 16.0. The van der Waals surface area contributed by atoms with Crippen LogP contribution in [0.2, 0.25) is 0 Å². The summed E-state index contributed by atoms with van der Waals surface area (Å²) < 4.78 is 6.90. The van der Waals surface area contributed by atoms with Crippen LogP contribution in [0.25, 0.3) is 5.69 Å². The van der Waals surface area contributed by atoms with E-state index < -0.39 is 12.2 Å². The first-order valence-corrected chi connectivity index (χ1v) is 10.7. The van der Waals surface area contributed by atoms with Gasteiger partial charge in [0.25, 0.3) is 17.4 Å². The van der Waals surface area contributed by atoms with E-state index in [0.29, 0.717) is 22.5 Å². The minimum absolute atomic E-state index is 0.00786. The maximum absolute atomic E-state index is 12.6. The van der Waals surface area contributed by atoms with Crippen LogP contribution in [-0.4, -0.2) is 46.6 Å². The quantitative estimate of drug-likeness (QED) is 0.574. The molecule has 3 amide bonds. The lowest BCUT2D eigenvalue weighted by Gasteiger charge is -2.17. The normalized spacial score (nSPS) is 16.9. The molecule has 5 rings (SSSR count). The first-order valence-electron chi connectivity index (χ1n) is 10.7. The number of amides is 3. The monoisotopic (exact) mass is 445 g/mol. The number of hydrogen-bond acceptors (Lipinski definition) is 5. The fraction of sp³-hybridized carbons (Fsp3) is 0.200. The number of cyclic esters (lactones) is 1. The molecule has 8 nitrogen and oxygen atoms in total. The summed E-state index contributed by atoms with van der Waals surface area (Å²) in [5.41, 5.74) is 1.84. The van der Waals surface area contributed by atoms with Crippen LogP contribution >= 0.6 is 0 Å². The molecule has 3 heterocycles. The van der Waals surface area contributed by atoms with Crippen molar-refractivity contribution in [3.63, 3.8) is 0 Å². The average Bonchev–Trinajstić information content (AvgIpc) is 3.33. The van der Waals surface area contributed by atoms with Gasteiger partial charge in [-0.25, -0.2) is 4.79 Å². The number of pyridine rings is 1. The average molecular weight is 445 g/mol. The second-order valence-electron chi connectivity index (χ2n) is 7.31. The molecule has 0 aliphatic carbocycles. The molecule has 0 N–H and O–H groups in total. The van der Waals surface area contributed by atoms with Crippen molar-refractivity contribution in [2.24, 2.45) is 0 Å². The number of imide groups is 1. The van der Waals surface area contributed by atoms with Crippen LogP contribution in [0.5, 0.6) is 0 Å². The highest BCUT2D eigenvalue weighted by Crippen LogP contribution is 2.26. The number of rotatable bonds is 4. The van der Waals surface area contributed by atoms with Crippen LogP contribution in [0.15, 0.2) is 77.7 Å². The van der Waals surface area contributed by atoms with Gasteiger partial charge in [-0.15, -0.1) is 0 Å². The minimum atomic E-state index is -0.633. The molecular weight excluding hydrogens is 422 g/mol. The third-order valence-electron chi connectivity index (χ3n) is 5.40. The van der Waals surface area contributed by atoms with Crippen molar-refractivity contribution in [2.75, 3.05) is 18.0 Å². The van der Waals surface area contributed by atoms with Gasteiger partial charge in [0, 0.05) is 23.6 Å². The highest BCUT2D eigenvalue weighted by Gasteiger charge is 2.40. The number of fused-ring (bicyclic) bond motifs is 1. The molecule has 3 aromatic rings. The van der Waals surface area contributed by atoms with E-state index in [0.717, 1.165) is 4.90 Å². The lowest BCUT2D eigenvalue weighted by atomic mass is 10.1. The summed E-state index contributed by atoms with van der Waals surface area (Å²) >= 11 is 0. The van der Waals surface area contributed by atoms with E-state index in [2.05, 4.69) is 0 Å². The summed E-state index contributed by atoms with van der Waals surface area (Å²) in [5, 5.41) is 0. The molecule has 1 aromatic heterocycles. The molecule has 8 heteroatoms. The third kappa shape index (κ3) is 4.03. The van der Waals surface area contributed by atoms with E-state index in [1.165, 1.54) is 15.5 Å². The van der Waals surface area contributed by atoms with Crippen LogP contribution in [0.3, 0.4) is 0 Å². The number of hydrogen-bond donors (Lipinski definition) is 0. The molecule has 2 aliphatic rings. The van der Waals surface area contributed by atoms with Crippen LogP contribution < -0.4 is 10.5 Å². The summed E-state index contributed by atoms with van der Waals surface area (Å²) in [5.74, 6) is -0.763. The zero-order valence-corrected chi connectivity index (χ0v) is 18.3. The van der Waals surface area contributed by atoms with Crippen molar-refractivity contribution in [1.82, 2.24) is 9.47 Å². The largest absolute Gasteiger partial charge is 0.442 e. The Morgan fingerprint density at radius 2 is 1.36 bits per heavy atom. The number of benzene rings is 2. The molecule has 2 aromatic carbocycles. The topological polar surface area (TPSA) is 88.9 Å². The number of nitrogens with zero attached hydrogens (tertiary/aromatic N) is 3. The van der Waals surface area contributed by atoms with Crippen LogP contribution in [0, 0.1) is 0 Å². The number of carbonyl (C=O) groups excluding carboxylic acids is 3. The van der Waals surface area contributed by atoms with E-state index in [9.17, 15) is 19.2 Å². The predicted octanol–water partition coefficient (Wildman–Crippen LogP) is 3.49. The van der Waals surface area contributed by atoms with Crippen molar-refractivity contribution in [3.8, 4) is 5.69 Å².